The van der Waals surface area contributed by atoms with E-state index in [-0.39, 0.29) is 0 Å². The highest BCUT2D eigenvalue weighted by molar-refractivity contribution is 5.33. The van der Waals surface area contributed by atoms with E-state index in [1.54, 1.807) is 5.56 Å². The van der Waals surface area contributed by atoms with Crippen molar-refractivity contribution in [3.63, 3.8) is 0 Å². The second kappa shape index (κ2) is 7.06. The fraction of sp³-hybridized carbons (Fsp3) is 0.647. The molecule has 2 N–H and O–H groups in total. The Morgan fingerprint density at radius 1 is 1.26 bits per heavy atom. The smallest absolute Gasteiger partial charge is 0.00160 e. The molecule has 2 nitrogen and oxygen atoms in total. The summed E-state index contributed by atoms with van der Waals surface area (Å²) in [5.74, 6) is 1.32. The monoisotopic (exact) mass is 260 g/mol. The van der Waals surface area contributed by atoms with Crippen LogP contribution in [0.4, 0.5) is 0 Å². The van der Waals surface area contributed by atoms with Crippen LogP contribution in [0, 0.1) is 0 Å². The summed E-state index contributed by atoms with van der Waals surface area (Å²) < 4.78 is 0. The van der Waals surface area contributed by atoms with Crippen LogP contribution in [0.3, 0.4) is 0 Å². The third-order valence-corrected chi connectivity index (χ3v) is 4.52. The molecule has 0 spiro atoms. The van der Waals surface area contributed by atoms with Crippen molar-refractivity contribution in [2.45, 2.75) is 44.4 Å². The molecule has 0 radical (unpaired) electrons. The third-order valence-electron chi connectivity index (χ3n) is 4.52. The van der Waals surface area contributed by atoms with E-state index < -0.39 is 0 Å². The lowest BCUT2D eigenvalue weighted by Gasteiger charge is -2.22. The van der Waals surface area contributed by atoms with Crippen LogP contribution < -0.4 is 5.73 Å². The highest BCUT2D eigenvalue weighted by atomic mass is 15.1. The number of benzene rings is 1. The van der Waals surface area contributed by atoms with Crippen LogP contribution in [0.15, 0.2) is 24.3 Å². The molecule has 2 unspecified atom stereocenters. The molecule has 0 bridgehead atoms. The van der Waals surface area contributed by atoms with Crippen molar-refractivity contribution in [1.82, 2.24) is 4.90 Å². The van der Waals surface area contributed by atoms with E-state index in [4.69, 9.17) is 5.73 Å². The topological polar surface area (TPSA) is 29.3 Å². The second-order valence-electron chi connectivity index (χ2n) is 6.04. The molecule has 1 fully saturated rings. The van der Waals surface area contributed by atoms with E-state index >= 15 is 0 Å². The summed E-state index contributed by atoms with van der Waals surface area (Å²) in [6, 6.07) is 9.03. The van der Waals surface area contributed by atoms with Crippen LogP contribution in [0.2, 0.25) is 0 Å². The van der Waals surface area contributed by atoms with Crippen LogP contribution in [0.1, 0.15) is 55.6 Å². The van der Waals surface area contributed by atoms with Crippen LogP contribution in [-0.2, 0) is 0 Å². The van der Waals surface area contributed by atoms with Gasteiger partial charge in [0.25, 0.3) is 0 Å². The summed E-state index contributed by atoms with van der Waals surface area (Å²) in [6.45, 7) is 5.57. The van der Waals surface area contributed by atoms with Crippen molar-refractivity contribution in [1.29, 1.82) is 0 Å². The SMILES string of the molecule is CC(CCN)c1ccccc1C1CCCN(C)CC1. The number of rotatable bonds is 4. The Morgan fingerprint density at radius 2 is 2.05 bits per heavy atom. The van der Waals surface area contributed by atoms with Crippen molar-refractivity contribution in [3.05, 3.63) is 35.4 Å². The molecule has 19 heavy (non-hydrogen) atoms. The van der Waals surface area contributed by atoms with Gasteiger partial charge < -0.3 is 10.6 Å². The highest BCUT2D eigenvalue weighted by Crippen LogP contribution is 2.34. The molecule has 0 amide bonds. The number of nitrogens with zero attached hydrogens (tertiary/aromatic N) is 1. The molecule has 106 valence electrons. The van der Waals surface area contributed by atoms with Gasteiger partial charge in [0.2, 0.25) is 0 Å². The Labute approximate surface area is 118 Å². The molecule has 2 rings (SSSR count). The summed E-state index contributed by atoms with van der Waals surface area (Å²) in [5.41, 5.74) is 8.84. The minimum atomic E-state index is 0.585. The van der Waals surface area contributed by atoms with Gasteiger partial charge in [0.05, 0.1) is 0 Å². The Hall–Kier alpha value is -0.860. The normalized spacial score (nSPS) is 23.0. The minimum Gasteiger partial charge on any atom is -0.330 e. The van der Waals surface area contributed by atoms with Gasteiger partial charge in [0.1, 0.15) is 0 Å². The predicted octanol–water partition coefficient (Wildman–Crippen LogP) is 3.34. The maximum absolute atomic E-state index is 5.73. The zero-order valence-corrected chi connectivity index (χ0v) is 12.4. The van der Waals surface area contributed by atoms with Crippen molar-refractivity contribution < 1.29 is 0 Å². The van der Waals surface area contributed by atoms with Gasteiger partial charge in [-0.05, 0) is 75.3 Å². The number of nitrogens with two attached hydrogens (primary N) is 1. The standard InChI is InChI=1S/C17H28N2/c1-14(9-11-18)16-7-3-4-8-17(16)15-6-5-12-19(2)13-10-15/h3-4,7-8,14-15H,5-6,9-13,18H2,1-2H3. The fourth-order valence-electron chi connectivity index (χ4n) is 3.29. The first-order valence-electron chi connectivity index (χ1n) is 7.69. The van der Waals surface area contributed by atoms with Gasteiger partial charge in [-0.3, -0.25) is 0 Å². The quantitative estimate of drug-likeness (QED) is 0.899. The van der Waals surface area contributed by atoms with Crippen LogP contribution in [0.5, 0.6) is 0 Å². The Morgan fingerprint density at radius 3 is 2.84 bits per heavy atom. The molecule has 1 aromatic rings. The molecule has 1 aliphatic heterocycles. The molecular formula is C17H28N2. The van der Waals surface area contributed by atoms with Crippen molar-refractivity contribution in [2.24, 2.45) is 5.73 Å². The van der Waals surface area contributed by atoms with Crippen molar-refractivity contribution in [3.8, 4) is 0 Å². The molecule has 0 saturated carbocycles. The molecule has 0 aliphatic carbocycles. The van der Waals surface area contributed by atoms with Gasteiger partial charge in [0.15, 0.2) is 0 Å². The summed E-state index contributed by atoms with van der Waals surface area (Å²) in [4.78, 5) is 2.46. The third kappa shape index (κ3) is 3.80. The Bertz CT molecular complexity index is 389. The minimum absolute atomic E-state index is 0.585. The lowest BCUT2D eigenvalue weighted by atomic mass is 9.83. The molecule has 2 atom stereocenters. The Balaban J connectivity index is 2.18. The average molecular weight is 260 g/mol. The fourth-order valence-corrected chi connectivity index (χ4v) is 3.29. The molecule has 1 aromatic carbocycles. The van der Waals surface area contributed by atoms with E-state index in [1.807, 2.05) is 0 Å². The predicted molar refractivity (Wildman–Crippen MR) is 82.6 cm³/mol. The summed E-state index contributed by atoms with van der Waals surface area (Å²) in [5, 5.41) is 0. The molecule has 1 aliphatic rings. The second-order valence-corrected chi connectivity index (χ2v) is 6.04. The molecule has 1 saturated heterocycles. The highest BCUT2D eigenvalue weighted by Gasteiger charge is 2.20. The lowest BCUT2D eigenvalue weighted by Crippen LogP contribution is -2.18. The van der Waals surface area contributed by atoms with E-state index in [0.29, 0.717) is 5.92 Å². The van der Waals surface area contributed by atoms with E-state index in [0.717, 1.165) is 18.9 Å². The van der Waals surface area contributed by atoms with Crippen molar-refractivity contribution >= 4 is 0 Å². The maximum atomic E-state index is 5.73. The first-order chi connectivity index (χ1) is 9.22. The van der Waals surface area contributed by atoms with Gasteiger partial charge in [0, 0.05) is 0 Å². The van der Waals surface area contributed by atoms with Gasteiger partial charge in [-0.1, -0.05) is 31.2 Å². The van der Waals surface area contributed by atoms with Crippen LogP contribution in [-0.4, -0.2) is 31.6 Å². The maximum Gasteiger partial charge on any atom is -0.00160 e. The van der Waals surface area contributed by atoms with Crippen LogP contribution in [0.25, 0.3) is 0 Å². The van der Waals surface area contributed by atoms with E-state index in [2.05, 4.69) is 43.1 Å². The average Bonchev–Trinajstić information content (AvgIpc) is 2.64. The van der Waals surface area contributed by atoms with Gasteiger partial charge in [-0.2, -0.15) is 0 Å². The molecule has 1 heterocycles. The lowest BCUT2D eigenvalue weighted by molar-refractivity contribution is 0.347. The molecular weight excluding hydrogens is 232 g/mol. The Kier molecular flexibility index (Phi) is 5.41. The van der Waals surface area contributed by atoms with Gasteiger partial charge in [-0.25, -0.2) is 0 Å². The number of hydrogen-bond acceptors (Lipinski definition) is 2. The zero-order chi connectivity index (χ0) is 13.7. The molecule has 0 aromatic heterocycles. The van der Waals surface area contributed by atoms with E-state index in [1.165, 1.54) is 37.9 Å². The number of likely N-dealkylation sites (tertiary alicyclic amines) is 1. The van der Waals surface area contributed by atoms with Crippen LogP contribution >= 0.6 is 0 Å². The van der Waals surface area contributed by atoms with Gasteiger partial charge in [-0.15, -0.1) is 0 Å². The van der Waals surface area contributed by atoms with E-state index in [9.17, 15) is 0 Å². The largest absolute Gasteiger partial charge is 0.330 e. The molecule has 2 heteroatoms. The summed E-state index contributed by atoms with van der Waals surface area (Å²) in [6.07, 6.45) is 5.03. The first-order valence-corrected chi connectivity index (χ1v) is 7.69. The van der Waals surface area contributed by atoms with Crippen molar-refractivity contribution in [2.75, 3.05) is 26.7 Å². The summed E-state index contributed by atoms with van der Waals surface area (Å²) in [7, 11) is 2.24. The van der Waals surface area contributed by atoms with Gasteiger partial charge >= 0.3 is 0 Å². The number of hydrogen-bond donors (Lipinski definition) is 1. The summed E-state index contributed by atoms with van der Waals surface area (Å²) >= 11 is 0. The zero-order valence-electron chi connectivity index (χ0n) is 12.4. The first kappa shape index (κ1) is 14.5.